The third-order valence-electron chi connectivity index (χ3n) is 2.92. The van der Waals surface area contributed by atoms with E-state index < -0.39 is 0 Å². The van der Waals surface area contributed by atoms with E-state index in [0.29, 0.717) is 27.9 Å². The van der Waals surface area contributed by atoms with Crippen molar-refractivity contribution >= 4 is 35.1 Å². The lowest BCUT2D eigenvalue weighted by Gasteiger charge is -2.03. The molecule has 8 heteroatoms. The number of aromatic nitrogens is 3. The summed E-state index contributed by atoms with van der Waals surface area (Å²) in [4.78, 5) is 4.16. The normalized spacial score (nSPS) is 10.8. The van der Waals surface area contributed by atoms with Gasteiger partial charge in [0.2, 0.25) is 0 Å². The number of halogens is 1. The fourth-order valence-corrected chi connectivity index (χ4v) is 2.10. The van der Waals surface area contributed by atoms with Crippen LogP contribution in [0, 0.1) is 18.3 Å². The van der Waals surface area contributed by atoms with Crippen LogP contribution in [0.15, 0.2) is 39.8 Å². The Bertz CT molecular complexity index is 905. The zero-order valence-electron chi connectivity index (χ0n) is 12.0. The maximum Gasteiger partial charge on any atom is 0.193 e. The summed E-state index contributed by atoms with van der Waals surface area (Å²) in [5.41, 5.74) is 1.58. The molecule has 3 aromatic rings. The van der Waals surface area contributed by atoms with Crippen molar-refractivity contribution in [3.8, 4) is 6.07 Å². The molecule has 2 aromatic heterocycles. The molecule has 0 amide bonds. The Labute approximate surface area is 136 Å². The summed E-state index contributed by atoms with van der Waals surface area (Å²) in [6, 6.07) is 10.9. The van der Waals surface area contributed by atoms with Crippen LogP contribution in [0.5, 0.6) is 0 Å². The summed E-state index contributed by atoms with van der Waals surface area (Å²) in [5.74, 6) is 1.38. The largest absolute Gasteiger partial charge is 0.361 e. The van der Waals surface area contributed by atoms with Crippen LogP contribution < -0.4 is 5.32 Å². The van der Waals surface area contributed by atoms with Crippen molar-refractivity contribution in [1.29, 1.82) is 5.26 Å². The van der Waals surface area contributed by atoms with Gasteiger partial charge in [0.15, 0.2) is 5.82 Å². The van der Waals surface area contributed by atoms with E-state index in [2.05, 4.69) is 31.7 Å². The number of nitriles is 1. The first-order chi connectivity index (χ1) is 11.2. The lowest BCUT2D eigenvalue weighted by atomic mass is 10.3. The number of hydrogen-bond donors (Lipinski definition) is 2. The number of rotatable bonds is 4. The van der Waals surface area contributed by atoms with Crippen molar-refractivity contribution < 1.29 is 4.52 Å². The molecule has 114 valence electrons. The lowest BCUT2D eigenvalue weighted by Crippen LogP contribution is -1.92. The zero-order chi connectivity index (χ0) is 16.2. The van der Waals surface area contributed by atoms with Crippen molar-refractivity contribution in [3.63, 3.8) is 0 Å². The Morgan fingerprint density at radius 2 is 2.30 bits per heavy atom. The van der Waals surface area contributed by atoms with Crippen LogP contribution in [0.25, 0.3) is 0 Å². The number of aryl methyl sites for hydroxylation is 1. The van der Waals surface area contributed by atoms with Crippen molar-refractivity contribution in [3.05, 3.63) is 52.4 Å². The molecular formula is C15H11ClN6O. The summed E-state index contributed by atoms with van der Waals surface area (Å²) in [5, 5.41) is 23.6. The number of H-pyrrole nitrogens is 1. The minimum absolute atomic E-state index is 0.262. The minimum atomic E-state index is 0.262. The van der Waals surface area contributed by atoms with Gasteiger partial charge in [-0.3, -0.25) is 5.10 Å². The maximum absolute atomic E-state index is 9.34. The number of aromatic amines is 1. The van der Waals surface area contributed by atoms with Gasteiger partial charge in [-0.1, -0.05) is 22.8 Å². The van der Waals surface area contributed by atoms with Gasteiger partial charge in [-0.05, 0) is 25.1 Å². The molecule has 2 heterocycles. The van der Waals surface area contributed by atoms with Gasteiger partial charge in [-0.15, -0.1) is 0 Å². The molecule has 0 aliphatic heterocycles. The molecule has 0 unspecified atom stereocenters. The van der Waals surface area contributed by atoms with Crippen LogP contribution in [0.1, 0.15) is 17.0 Å². The van der Waals surface area contributed by atoms with Gasteiger partial charge in [0.1, 0.15) is 28.9 Å². The number of hydrogen-bond acceptors (Lipinski definition) is 6. The predicted octanol–water partition coefficient (Wildman–Crippen LogP) is 3.73. The highest BCUT2D eigenvalue weighted by Gasteiger charge is 2.12. The number of nitrogens with zero attached hydrogens (tertiary/aromatic N) is 4. The van der Waals surface area contributed by atoms with E-state index in [4.69, 9.17) is 16.1 Å². The standard InChI is InChI=1S/C15H11ClN6O/c1-9-5-12(22-23-9)8-18-14-13(7-17)15(21-20-14)19-11-4-2-3-10(16)6-11/h2-6,8H,1H3,(H2,19,20,21). The first-order valence-electron chi connectivity index (χ1n) is 6.64. The first-order valence-corrected chi connectivity index (χ1v) is 7.02. The zero-order valence-corrected chi connectivity index (χ0v) is 12.8. The molecule has 7 nitrogen and oxygen atoms in total. The number of benzene rings is 1. The van der Waals surface area contributed by atoms with Crippen LogP contribution in [-0.4, -0.2) is 21.6 Å². The minimum Gasteiger partial charge on any atom is -0.361 e. The SMILES string of the molecule is Cc1cc(C=Nc2n[nH]c(Nc3cccc(Cl)c3)c2C#N)no1. The lowest BCUT2D eigenvalue weighted by molar-refractivity contribution is 0.396. The van der Waals surface area contributed by atoms with Crippen molar-refractivity contribution in [2.24, 2.45) is 4.99 Å². The van der Waals surface area contributed by atoms with E-state index >= 15 is 0 Å². The summed E-state index contributed by atoms with van der Waals surface area (Å²) in [6.07, 6.45) is 1.48. The highest BCUT2D eigenvalue weighted by molar-refractivity contribution is 6.30. The number of anilines is 2. The molecule has 0 atom stereocenters. The fourth-order valence-electron chi connectivity index (χ4n) is 1.91. The van der Waals surface area contributed by atoms with Gasteiger partial charge in [0.05, 0.1) is 6.21 Å². The van der Waals surface area contributed by atoms with Gasteiger partial charge < -0.3 is 9.84 Å². The third-order valence-corrected chi connectivity index (χ3v) is 3.15. The predicted molar refractivity (Wildman–Crippen MR) is 86.5 cm³/mol. The third kappa shape index (κ3) is 3.39. The van der Waals surface area contributed by atoms with Gasteiger partial charge in [0.25, 0.3) is 0 Å². The second kappa shape index (κ2) is 6.34. The number of aliphatic imine (C=N–C) groups is 1. The second-order valence-electron chi connectivity index (χ2n) is 4.66. The van der Waals surface area contributed by atoms with Crippen molar-refractivity contribution in [1.82, 2.24) is 15.4 Å². The molecule has 0 radical (unpaired) electrons. The average Bonchev–Trinajstić information content (AvgIpc) is 3.11. The smallest absolute Gasteiger partial charge is 0.193 e. The Morgan fingerprint density at radius 3 is 3.00 bits per heavy atom. The Kier molecular flexibility index (Phi) is 4.08. The monoisotopic (exact) mass is 326 g/mol. The molecule has 0 aliphatic rings. The second-order valence-corrected chi connectivity index (χ2v) is 5.10. The summed E-state index contributed by atoms with van der Waals surface area (Å²) in [7, 11) is 0. The van der Waals surface area contributed by atoms with E-state index in [1.54, 1.807) is 31.2 Å². The van der Waals surface area contributed by atoms with Crippen molar-refractivity contribution in [2.45, 2.75) is 6.92 Å². The van der Waals surface area contributed by atoms with E-state index in [1.165, 1.54) is 6.21 Å². The Balaban J connectivity index is 1.85. The van der Waals surface area contributed by atoms with Crippen LogP contribution in [0.4, 0.5) is 17.3 Å². The molecule has 0 spiro atoms. The average molecular weight is 327 g/mol. The van der Waals surface area contributed by atoms with E-state index in [0.717, 1.165) is 5.69 Å². The highest BCUT2D eigenvalue weighted by Crippen LogP contribution is 2.26. The molecule has 0 bridgehead atoms. The maximum atomic E-state index is 9.34. The molecular weight excluding hydrogens is 316 g/mol. The quantitative estimate of drug-likeness (QED) is 0.711. The van der Waals surface area contributed by atoms with E-state index in [-0.39, 0.29) is 5.82 Å². The molecule has 0 saturated heterocycles. The molecule has 3 rings (SSSR count). The molecule has 23 heavy (non-hydrogen) atoms. The molecule has 0 fully saturated rings. The summed E-state index contributed by atoms with van der Waals surface area (Å²) >= 11 is 5.94. The van der Waals surface area contributed by atoms with Gasteiger partial charge >= 0.3 is 0 Å². The van der Waals surface area contributed by atoms with Crippen LogP contribution in [0.2, 0.25) is 5.02 Å². The van der Waals surface area contributed by atoms with Crippen LogP contribution >= 0.6 is 11.6 Å². The Morgan fingerprint density at radius 1 is 1.43 bits per heavy atom. The van der Waals surface area contributed by atoms with Gasteiger partial charge in [-0.2, -0.15) is 10.4 Å². The number of nitrogens with one attached hydrogen (secondary N) is 2. The highest BCUT2D eigenvalue weighted by atomic mass is 35.5. The first kappa shape index (κ1) is 14.8. The van der Waals surface area contributed by atoms with Crippen molar-refractivity contribution in [2.75, 3.05) is 5.32 Å². The molecule has 0 saturated carbocycles. The molecule has 1 aromatic carbocycles. The van der Waals surface area contributed by atoms with Gasteiger partial charge in [0, 0.05) is 16.8 Å². The summed E-state index contributed by atoms with van der Waals surface area (Å²) in [6.45, 7) is 1.78. The van der Waals surface area contributed by atoms with E-state index in [1.807, 2.05) is 6.07 Å². The fraction of sp³-hybridized carbons (Fsp3) is 0.0667. The topological polar surface area (TPSA) is 103 Å². The van der Waals surface area contributed by atoms with Crippen LogP contribution in [-0.2, 0) is 0 Å². The van der Waals surface area contributed by atoms with Crippen LogP contribution in [0.3, 0.4) is 0 Å². The van der Waals surface area contributed by atoms with E-state index in [9.17, 15) is 5.26 Å². The molecule has 0 aliphatic carbocycles. The Hall–Kier alpha value is -3.11. The summed E-state index contributed by atoms with van der Waals surface area (Å²) < 4.78 is 4.95. The molecule has 2 N–H and O–H groups in total. The van der Waals surface area contributed by atoms with Gasteiger partial charge in [-0.25, -0.2) is 4.99 Å².